The maximum atomic E-state index is 13.7. The summed E-state index contributed by atoms with van der Waals surface area (Å²) in [6.45, 7) is 2.60. The second kappa shape index (κ2) is 7.90. The van der Waals surface area contributed by atoms with Crippen molar-refractivity contribution in [3.63, 3.8) is 0 Å². The highest BCUT2D eigenvalue weighted by atomic mass is 19.2. The summed E-state index contributed by atoms with van der Waals surface area (Å²) in [6.07, 6.45) is 0. The third-order valence-electron chi connectivity index (χ3n) is 3.62. The average molecular weight is 366 g/mol. The fourth-order valence-electron chi connectivity index (χ4n) is 2.33. The number of methoxy groups -OCH3 is 1. The second-order valence-electron chi connectivity index (χ2n) is 5.55. The van der Waals surface area contributed by atoms with Crippen molar-refractivity contribution in [3.05, 3.63) is 53.3 Å². The van der Waals surface area contributed by atoms with E-state index in [1.807, 2.05) is 0 Å². The predicted octanol–water partition coefficient (Wildman–Crippen LogP) is 3.41. The summed E-state index contributed by atoms with van der Waals surface area (Å²) >= 11 is 0. The first-order valence-corrected chi connectivity index (χ1v) is 7.60. The van der Waals surface area contributed by atoms with Gasteiger partial charge in [0.15, 0.2) is 17.5 Å². The van der Waals surface area contributed by atoms with Crippen molar-refractivity contribution in [2.24, 2.45) is 0 Å². The molecule has 0 bridgehead atoms. The van der Waals surface area contributed by atoms with Gasteiger partial charge in [-0.05, 0) is 36.8 Å². The topological polar surface area (TPSA) is 58.6 Å². The van der Waals surface area contributed by atoms with Crippen molar-refractivity contribution < 1.29 is 27.5 Å². The molecule has 2 aromatic rings. The number of benzene rings is 2. The van der Waals surface area contributed by atoms with Gasteiger partial charge < -0.3 is 10.1 Å². The lowest BCUT2D eigenvalue weighted by Crippen LogP contribution is -2.37. The van der Waals surface area contributed by atoms with E-state index < -0.39 is 41.5 Å². The van der Waals surface area contributed by atoms with Crippen LogP contribution in [0.1, 0.15) is 12.5 Å². The van der Waals surface area contributed by atoms with Gasteiger partial charge in [0.25, 0.3) is 0 Å². The minimum atomic E-state index is -1.69. The lowest BCUT2D eigenvalue weighted by Gasteiger charge is -2.23. The van der Waals surface area contributed by atoms with E-state index >= 15 is 0 Å². The van der Waals surface area contributed by atoms with Crippen LogP contribution in [-0.4, -0.2) is 25.5 Å². The molecule has 0 atom stereocenters. The van der Waals surface area contributed by atoms with Crippen LogP contribution >= 0.6 is 0 Å². The number of carbonyl (C=O) groups is 2. The van der Waals surface area contributed by atoms with Crippen molar-refractivity contribution in [1.82, 2.24) is 0 Å². The van der Waals surface area contributed by atoms with E-state index in [9.17, 15) is 22.8 Å². The minimum absolute atomic E-state index is 0.362. The smallest absolute Gasteiger partial charge is 0.244 e. The van der Waals surface area contributed by atoms with Crippen LogP contribution in [0.4, 0.5) is 24.5 Å². The Morgan fingerprint density at radius 1 is 1.12 bits per heavy atom. The molecule has 8 heteroatoms. The number of aryl methyl sites for hydroxylation is 1. The van der Waals surface area contributed by atoms with Crippen molar-refractivity contribution in [3.8, 4) is 5.75 Å². The molecule has 1 N–H and O–H groups in total. The number of carbonyl (C=O) groups excluding carboxylic acids is 2. The molecule has 0 aliphatic rings. The molecule has 138 valence electrons. The molecule has 2 rings (SSSR count). The van der Waals surface area contributed by atoms with Crippen LogP contribution < -0.4 is 15.0 Å². The van der Waals surface area contributed by atoms with Gasteiger partial charge in [-0.3, -0.25) is 14.5 Å². The SMILES string of the molecule is COc1ccc(C)cc1N(CC(=O)Nc1ccc(F)c(F)c1F)C(C)=O. The molecule has 0 aromatic heterocycles. The van der Waals surface area contributed by atoms with E-state index in [1.165, 1.54) is 14.0 Å². The molecule has 0 aliphatic carbocycles. The Labute approximate surface area is 148 Å². The van der Waals surface area contributed by atoms with E-state index in [0.29, 0.717) is 17.5 Å². The number of halogens is 3. The normalized spacial score (nSPS) is 10.4. The molecule has 0 fully saturated rings. The second-order valence-corrected chi connectivity index (χ2v) is 5.55. The van der Waals surface area contributed by atoms with E-state index in [1.54, 1.807) is 25.1 Å². The summed E-state index contributed by atoms with van der Waals surface area (Å²) in [7, 11) is 1.42. The van der Waals surface area contributed by atoms with E-state index in [4.69, 9.17) is 4.74 Å². The van der Waals surface area contributed by atoms with Gasteiger partial charge in [-0.15, -0.1) is 0 Å². The zero-order valence-corrected chi connectivity index (χ0v) is 14.4. The molecular formula is C18H17F3N2O3. The summed E-state index contributed by atoms with van der Waals surface area (Å²) in [6, 6.07) is 6.67. The van der Waals surface area contributed by atoms with Crippen molar-refractivity contribution in [2.45, 2.75) is 13.8 Å². The molecule has 0 spiro atoms. The lowest BCUT2D eigenvalue weighted by atomic mass is 10.2. The van der Waals surface area contributed by atoms with Crippen molar-refractivity contribution in [2.75, 3.05) is 23.9 Å². The van der Waals surface area contributed by atoms with Crippen LogP contribution in [0.5, 0.6) is 5.75 Å². The first kappa shape index (κ1) is 19.3. The van der Waals surface area contributed by atoms with Gasteiger partial charge in [-0.2, -0.15) is 0 Å². The van der Waals surface area contributed by atoms with Crippen LogP contribution in [0.2, 0.25) is 0 Å². The Morgan fingerprint density at radius 3 is 2.42 bits per heavy atom. The summed E-state index contributed by atoms with van der Waals surface area (Å²) < 4.78 is 45.1. The molecule has 0 radical (unpaired) electrons. The maximum absolute atomic E-state index is 13.7. The first-order valence-electron chi connectivity index (χ1n) is 7.60. The molecule has 0 aliphatic heterocycles. The molecule has 0 saturated heterocycles. The third-order valence-corrected chi connectivity index (χ3v) is 3.62. The Morgan fingerprint density at radius 2 is 1.81 bits per heavy atom. The third kappa shape index (κ3) is 4.14. The number of hydrogen-bond acceptors (Lipinski definition) is 3. The standard InChI is InChI=1S/C18H17F3N2O3/c1-10-4-7-15(26-3)14(8-10)23(11(2)24)9-16(25)22-13-6-5-12(19)17(20)18(13)21/h4-8H,9H2,1-3H3,(H,22,25). The van der Waals surface area contributed by atoms with E-state index in [-0.39, 0.29) is 0 Å². The molecule has 2 amide bonds. The Balaban J connectivity index is 2.26. The number of amides is 2. The Hall–Kier alpha value is -3.03. The highest BCUT2D eigenvalue weighted by molar-refractivity contribution is 6.02. The fourth-order valence-corrected chi connectivity index (χ4v) is 2.33. The largest absolute Gasteiger partial charge is 0.495 e. The highest BCUT2D eigenvalue weighted by Crippen LogP contribution is 2.29. The predicted molar refractivity (Wildman–Crippen MR) is 90.7 cm³/mol. The van der Waals surface area contributed by atoms with E-state index in [2.05, 4.69) is 5.32 Å². The van der Waals surface area contributed by atoms with Gasteiger partial charge in [0.05, 0.1) is 18.5 Å². The number of hydrogen-bond donors (Lipinski definition) is 1. The van der Waals surface area contributed by atoms with Crippen LogP contribution in [0.3, 0.4) is 0 Å². The number of nitrogens with zero attached hydrogens (tertiary/aromatic N) is 1. The monoisotopic (exact) mass is 366 g/mol. The van der Waals surface area contributed by atoms with Crippen LogP contribution in [0, 0.1) is 24.4 Å². The van der Waals surface area contributed by atoms with E-state index in [0.717, 1.165) is 16.5 Å². The fraction of sp³-hybridized carbons (Fsp3) is 0.222. The van der Waals surface area contributed by atoms with Gasteiger partial charge in [0.2, 0.25) is 11.8 Å². The van der Waals surface area contributed by atoms with Gasteiger partial charge >= 0.3 is 0 Å². The molecule has 2 aromatic carbocycles. The number of ether oxygens (including phenoxy) is 1. The van der Waals surface area contributed by atoms with Crippen LogP contribution in [-0.2, 0) is 9.59 Å². The average Bonchev–Trinajstić information content (AvgIpc) is 2.60. The number of anilines is 2. The Kier molecular flexibility index (Phi) is 5.86. The van der Waals surface area contributed by atoms with Crippen molar-refractivity contribution >= 4 is 23.2 Å². The van der Waals surface area contributed by atoms with Crippen LogP contribution in [0.15, 0.2) is 30.3 Å². The minimum Gasteiger partial charge on any atom is -0.495 e. The highest BCUT2D eigenvalue weighted by Gasteiger charge is 2.21. The summed E-state index contributed by atoms with van der Waals surface area (Å²) in [5.74, 6) is -5.43. The molecule has 26 heavy (non-hydrogen) atoms. The van der Waals surface area contributed by atoms with Gasteiger partial charge in [0.1, 0.15) is 12.3 Å². The molecule has 0 saturated carbocycles. The summed E-state index contributed by atoms with van der Waals surface area (Å²) in [5.41, 5.74) is 0.675. The molecular weight excluding hydrogens is 349 g/mol. The van der Waals surface area contributed by atoms with Crippen molar-refractivity contribution in [1.29, 1.82) is 0 Å². The number of nitrogens with one attached hydrogen (secondary N) is 1. The maximum Gasteiger partial charge on any atom is 0.244 e. The Bertz CT molecular complexity index is 856. The zero-order valence-electron chi connectivity index (χ0n) is 14.4. The zero-order chi connectivity index (χ0) is 19.4. The molecule has 0 unspecified atom stereocenters. The summed E-state index contributed by atoms with van der Waals surface area (Å²) in [4.78, 5) is 25.3. The van der Waals surface area contributed by atoms with Crippen LogP contribution in [0.25, 0.3) is 0 Å². The van der Waals surface area contributed by atoms with Gasteiger partial charge in [0, 0.05) is 6.92 Å². The quantitative estimate of drug-likeness (QED) is 0.825. The molecule has 0 heterocycles. The molecule has 5 nitrogen and oxygen atoms in total. The number of rotatable bonds is 5. The lowest BCUT2D eigenvalue weighted by molar-refractivity contribution is -0.120. The summed E-state index contributed by atoms with van der Waals surface area (Å²) in [5, 5.41) is 2.13. The van der Waals surface area contributed by atoms with Gasteiger partial charge in [-0.1, -0.05) is 6.07 Å². The van der Waals surface area contributed by atoms with Gasteiger partial charge in [-0.25, -0.2) is 13.2 Å². The first-order chi connectivity index (χ1) is 12.2.